The van der Waals surface area contributed by atoms with E-state index >= 15 is 0 Å². The van der Waals surface area contributed by atoms with Crippen molar-refractivity contribution >= 4 is 0 Å². The summed E-state index contributed by atoms with van der Waals surface area (Å²) in [6.07, 6.45) is 3.65. The number of likely N-dealkylation sites (tertiary alicyclic amines) is 1. The Hall–Kier alpha value is -1.62. The van der Waals surface area contributed by atoms with Gasteiger partial charge in [0.25, 0.3) is 0 Å². The molecule has 1 N–H and O–H groups in total. The zero-order valence-corrected chi connectivity index (χ0v) is 11.3. The van der Waals surface area contributed by atoms with Crippen molar-refractivity contribution in [2.24, 2.45) is 0 Å². The van der Waals surface area contributed by atoms with E-state index in [-0.39, 0.29) is 17.4 Å². The summed E-state index contributed by atoms with van der Waals surface area (Å²) in [5, 5.41) is 10.1. The third kappa shape index (κ3) is 3.48. The fourth-order valence-corrected chi connectivity index (χ4v) is 2.67. The summed E-state index contributed by atoms with van der Waals surface area (Å²) in [7, 11) is 0. The summed E-state index contributed by atoms with van der Waals surface area (Å²) in [6, 6.07) is 4.78. The number of benzene rings is 1. The van der Waals surface area contributed by atoms with Gasteiger partial charge in [-0.3, -0.25) is 4.90 Å². The van der Waals surface area contributed by atoms with Crippen LogP contribution in [0.1, 0.15) is 24.3 Å². The maximum atomic E-state index is 12.3. The first-order chi connectivity index (χ1) is 9.61. The SMILES string of the molecule is C=CCN1CCC(c2cccc(OC(F)F)c2O)CC1. The van der Waals surface area contributed by atoms with Crippen LogP contribution in [0.3, 0.4) is 0 Å². The van der Waals surface area contributed by atoms with Crippen LogP contribution in [-0.2, 0) is 0 Å². The fourth-order valence-electron chi connectivity index (χ4n) is 2.67. The van der Waals surface area contributed by atoms with Crippen LogP contribution < -0.4 is 4.74 Å². The average Bonchev–Trinajstić information content (AvgIpc) is 2.42. The Bertz CT molecular complexity index is 457. The molecule has 0 aromatic heterocycles. The third-order valence-corrected chi connectivity index (χ3v) is 3.66. The minimum absolute atomic E-state index is 0.147. The Labute approximate surface area is 117 Å². The molecule has 5 heteroatoms. The monoisotopic (exact) mass is 283 g/mol. The Kier molecular flexibility index (Phi) is 4.95. The van der Waals surface area contributed by atoms with Crippen LogP contribution in [0.5, 0.6) is 11.5 Å². The van der Waals surface area contributed by atoms with Gasteiger partial charge in [0.2, 0.25) is 0 Å². The molecule has 0 bridgehead atoms. The molecule has 0 radical (unpaired) electrons. The number of rotatable bonds is 5. The van der Waals surface area contributed by atoms with Gasteiger partial charge in [0.05, 0.1) is 0 Å². The molecule has 110 valence electrons. The van der Waals surface area contributed by atoms with Gasteiger partial charge < -0.3 is 9.84 Å². The molecule has 0 spiro atoms. The lowest BCUT2D eigenvalue weighted by atomic mass is 9.88. The molecule has 0 unspecified atom stereocenters. The van der Waals surface area contributed by atoms with Crippen LogP contribution in [-0.4, -0.2) is 36.3 Å². The van der Waals surface area contributed by atoms with Gasteiger partial charge >= 0.3 is 6.61 Å². The molecule has 2 rings (SSSR count). The van der Waals surface area contributed by atoms with Gasteiger partial charge in [-0.2, -0.15) is 8.78 Å². The van der Waals surface area contributed by atoms with Crippen LogP contribution in [0, 0.1) is 0 Å². The molecule has 1 aliphatic rings. The summed E-state index contributed by atoms with van der Waals surface area (Å²) in [5.41, 5.74) is 0.696. The average molecular weight is 283 g/mol. The number of ether oxygens (including phenoxy) is 1. The first-order valence-corrected chi connectivity index (χ1v) is 6.71. The number of piperidine rings is 1. The molecule has 0 aliphatic carbocycles. The predicted octanol–water partition coefficient (Wildman–Crippen LogP) is 3.36. The van der Waals surface area contributed by atoms with E-state index < -0.39 is 6.61 Å². The Morgan fingerprint density at radius 2 is 2.10 bits per heavy atom. The number of halogens is 2. The first kappa shape index (κ1) is 14.8. The molecule has 3 nitrogen and oxygen atoms in total. The van der Waals surface area contributed by atoms with Crippen molar-refractivity contribution in [2.45, 2.75) is 25.4 Å². The number of aromatic hydroxyl groups is 1. The maximum Gasteiger partial charge on any atom is 0.387 e. The Morgan fingerprint density at radius 1 is 1.40 bits per heavy atom. The summed E-state index contributed by atoms with van der Waals surface area (Å²) in [6.45, 7) is 3.47. The normalized spacial score (nSPS) is 17.4. The lowest BCUT2D eigenvalue weighted by Gasteiger charge is -2.31. The van der Waals surface area contributed by atoms with Crippen molar-refractivity contribution in [1.82, 2.24) is 4.90 Å². The topological polar surface area (TPSA) is 32.7 Å². The van der Waals surface area contributed by atoms with Crippen molar-refractivity contribution in [3.05, 3.63) is 36.4 Å². The van der Waals surface area contributed by atoms with Gasteiger partial charge in [-0.1, -0.05) is 18.2 Å². The minimum atomic E-state index is -2.93. The van der Waals surface area contributed by atoms with E-state index in [1.807, 2.05) is 6.08 Å². The quantitative estimate of drug-likeness (QED) is 0.841. The van der Waals surface area contributed by atoms with E-state index in [2.05, 4.69) is 16.2 Å². The van der Waals surface area contributed by atoms with Gasteiger partial charge in [0.15, 0.2) is 11.5 Å². The second-order valence-electron chi connectivity index (χ2n) is 4.94. The molecule has 1 aliphatic heterocycles. The van der Waals surface area contributed by atoms with E-state index in [0.717, 1.165) is 32.5 Å². The second kappa shape index (κ2) is 6.70. The molecule has 0 atom stereocenters. The standard InChI is InChI=1S/C15H19F2NO2/c1-2-8-18-9-6-11(7-10-18)12-4-3-5-13(14(12)19)20-15(16)17/h2-5,11,15,19H,1,6-10H2. The van der Waals surface area contributed by atoms with Crippen LogP contribution in [0.25, 0.3) is 0 Å². The summed E-state index contributed by atoms with van der Waals surface area (Å²) in [5.74, 6) is -0.127. The molecule has 1 fully saturated rings. The highest BCUT2D eigenvalue weighted by Crippen LogP contribution is 2.39. The lowest BCUT2D eigenvalue weighted by Crippen LogP contribution is -2.32. The number of nitrogens with zero attached hydrogens (tertiary/aromatic N) is 1. The highest BCUT2D eigenvalue weighted by Gasteiger charge is 2.24. The highest BCUT2D eigenvalue weighted by molar-refractivity contribution is 5.47. The van der Waals surface area contributed by atoms with Crippen molar-refractivity contribution in [1.29, 1.82) is 0 Å². The van der Waals surface area contributed by atoms with E-state index in [4.69, 9.17) is 0 Å². The van der Waals surface area contributed by atoms with Crippen LogP contribution >= 0.6 is 0 Å². The van der Waals surface area contributed by atoms with Crippen molar-refractivity contribution in [3.8, 4) is 11.5 Å². The van der Waals surface area contributed by atoms with Gasteiger partial charge in [0.1, 0.15) is 0 Å². The zero-order chi connectivity index (χ0) is 14.5. The van der Waals surface area contributed by atoms with Crippen molar-refractivity contribution in [3.63, 3.8) is 0 Å². The van der Waals surface area contributed by atoms with Crippen LogP contribution in [0.2, 0.25) is 0 Å². The largest absolute Gasteiger partial charge is 0.504 e. The second-order valence-corrected chi connectivity index (χ2v) is 4.94. The highest BCUT2D eigenvalue weighted by atomic mass is 19.3. The number of phenolic OH excluding ortho intramolecular Hbond substituents is 1. The first-order valence-electron chi connectivity index (χ1n) is 6.71. The van der Waals surface area contributed by atoms with Crippen LogP contribution in [0.4, 0.5) is 8.78 Å². The number of phenols is 1. The van der Waals surface area contributed by atoms with Crippen LogP contribution in [0.15, 0.2) is 30.9 Å². The Balaban J connectivity index is 2.08. The molecule has 0 saturated carbocycles. The smallest absolute Gasteiger partial charge is 0.387 e. The van der Waals surface area contributed by atoms with Gasteiger partial charge in [-0.15, -0.1) is 6.58 Å². The number of hydrogen-bond acceptors (Lipinski definition) is 3. The third-order valence-electron chi connectivity index (χ3n) is 3.66. The Morgan fingerprint density at radius 3 is 2.70 bits per heavy atom. The lowest BCUT2D eigenvalue weighted by molar-refractivity contribution is -0.0513. The molecule has 1 aromatic carbocycles. The molecule has 1 saturated heterocycles. The summed E-state index contributed by atoms with van der Waals surface area (Å²) >= 11 is 0. The summed E-state index contributed by atoms with van der Waals surface area (Å²) in [4.78, 5) is 2.28. The summed E-state index contributed by atoms with van der Waals surface area (Å²) < 4.78 is 28.9. The fraction of sp³-hybridized carbons (Fsp3) is 0.467. The molecular formula is C15H19F2NO2. The maximum absolute atomic E-state index is 12.3. The number of alkyl halides is 2. The van der Waals surface area contributed by atoms with Gasteiger partial charge in [-0.25, -0.2) is 0 Å². The molecule has 20 heavy (non-hydrogen) atoms. The van der Waals surface area contributed by atoms with Crippen molar-refractivity contribution in [2.75, 3.05) is 19.6 Å². The van der Waals surface area contributed by atoms with E-state index in [0.29, 0.717) is 5.56 Å². The molecule has 1 aromatic rings. The van der Waals surface area contributed by atoms with E-state index in [1.165, 1.54) is 6.07 Å². The molecule has 0 amide bonds. The van der Waals surface area contributed by atoms with Crippen molar-refractivity contribution < 1.29 is 18.6 Å². The predicted molar refractivity (Wildman–Crippen MR) is 73.4 cm³/mol. The minimum Gasteiger partial charge on any atom is -0.504 e. The van der Waals surface area contributed by atoms with E-state index in [9.17, 15) is 13.9 Å². The number of hydrogen-bond donors (Lipinski definition) is 1. The zero-order valence-electron chi connectivity index (χ0n) is 11.3. The number of para-hydroxylation sites is 1. The molecular weight excluding hydrogens is 264 g/mol. The van der Waals surface area contributed by atoms with E-state index in [1.54, 1.807) is 12.1 Å². The van der Waals surface area contributed by atoms with Gasteiger partial charge in [0, 0.05) is 12.1 Å². The van der Waals surface area contributed by atoms with Gasteiger partial charge in [-0.05, 0) is 37.9 Å². The molecule has 1 heterocycles.